The maximum absolute atomic E-state index is 11.9. The maximum atomic E-state index is 11.9. The van der Waals surface area contributed by atoms with Crippen LogP contribution in [-0.4, -0.2) is 36.0 Å². The van der Waals surface area contributed by atoms with Gasteiger partial charge in [0.2, 0.25) is 5.91 Å². The van der Waals surface area contributed by atoms with Crippen molar-refractivity contribution < 1.29 is 9.53 Å². The summed E-state index contributed by atoms with van der Waals surface area (Å²) in [6.45, 7) is 7.47. The largest absolute Gasteiger partial charge is 0.375 e. The molecule has 100 valence electrons. The lowest BCUT2D eigenvalue weighted by atomic mass is 9.95. The third-order valence-corrected chi connectivity index (χ3v) is 2.58. The van der Waals surface area contributed by atoms with Crippen LogP contribution in [0.5, 0.6) is 0 Å². The normalized spacial score (nSPS) is 11.3. The summed E-state index contributed by atoms with van der Waals surface area (Å²) in [6.07, 6.45) is 3.49. The second kappa shape index (κ2) is 6.50. The highest BCUT2D eigenvalue weighted by molar-refractivity contribution is 5.81. The Labute approximate surface area is 109 Å². The molecule has 4 nitrogen and oxygen atoms in total. The van der Waals surface area contributed by atoms with Crippen molar-refractivity contribution in [1.82, 2.24) is 9.88 Å². The van der Waals surface area contributed by atoms with Crippen LogP contribution in [0.2, 0.25) is 0 Å². The topological polar surface area (TPSA) is 42.4 Å². The minimum Gasteiger partial charge on any atom is -0.375 e. The van der Waals surface area contributed by atoms with E-state index in [2.05, 4.69) is 4.98 Å². The van der Waals surface area contributed by atoms with Crippen molar-refractivity contribution in [3.8, 4) is 0 Å². The van der Waals surface area contributed by atoms with Crippen molar-refractivity contribution in [2.45, 2.75) is 27.4 Å². The summed E-state index contributed by atoms with van der Waals surface area (Å²) in [7, 11) is 1.81. The fourth-order valence-corrected chi connectivity index (χ4v) is 1.54. The minimum absolute atomic E-state index is 0.134. The van der Waals surface area contributed by atoms with E-state index >= 15 is 0 Å². The molecule has 0 bridgehead atoms. The van der Waals surface area contributed by atoms with Crippen molar-refractivity contribution >= 4 is 5.91 Å². The molecular weight excluding hydrogens is 228 g/mol. The lowest BCUT2D eigenvalue weighted by molar-refractivity contribution is -0.138. The Hall–Kier alpha value is -1.42. The number of pyridine rings is 1. The molecule has 0 atom stereocenters. The number of aromatic nitrogens is 1. The smallest absolute Gasteiger partial charge is 0.227 e. The van der Waals surface area contributed by atoms with Crippen LogP contribution < -0.4 is 0 Å². The number of likely N-dealkylation sites (N-methyl/N-ethyl adjacent to an activating group) is 1. The van der Waals surface area contributed by atoms with E-state index < -0.39 is 0 Å². The first-order valence-corrected chi connectivity index (χ1v) is 6.13. The van der Waals surface area contributed by atoms with E-state index in [0.29, 0.717) is 19.8 Å². The van der Waals surface area contributed by atoms with Crippen LogP contribution in [0.25, 0.3) is 0 Å². The Kier molecular flexibility index (Phi) is 5.28. The van der Waals surface area contributed by atoms with Crippen LogP contribution in [0.3, 0.4) is 0 Å². The van der Waals surface area contributed by atoms with Gasteiger partial charge in [-0.1, -0.05) is 20.8 Å². The lowest BCUT2D eigenvalue weighted by Crippen LogP contribution is -2.38. The predicted octanol–water partition coefficient (Wildman–Crippen LogP) is 2.10. The Morgan fingerprint density at radius 2 is 1.94 bits per heavy atom. The van der Waals surface area contributed by atoms with E-state index in [1.807, 2.05) is 40.0 Å². The molecule has 1 aromatic heterocycles. The number of carbonyl (C=O) groups excluding carboxylic acids is 1. The van der Waals surface area contributed by atoms with Crippen LogP contribution in [0.4, 0.5) is 0 Å². The molecular formula is C14H22N2O2. The highest BCUT2D eigenvalue weighted by atomic mass is 16.5. The highest BCUT2D eigenvalue weighted by Crippen LogP contribution is 2.16. The minimum atomic E-state index is -0.333. The molecule has 1 heterocycles. The van der Waals surface area contributed by atoms with Gasteiger partial charge in [-0.05, 0) is 17.7 Å². The standard InChI is InChI=1S/C14H22N2O2/c1-14(2,3)13(17)16(4)9-10-18-11-12-5-7-15-8-6-12/h5-8H,9-11H2,1-4H3. The van der Waals surface area contributed by atoms with Crippen LogP contribution in [-0.2, 0) is 16.1 Å². The molecule has 0 aliphatic carbocycles. The molecule has 0 saturated heterocycles. The molecule has 1 aromatic rings. The highest BCUT2D eigenvalue weighted by Gasteiger charge is 2.24. The average molecular weight is 250 g/mol. The quantitative estimate of drug-likeness (QED) is 0.752. The first-order valence-electron chi connectivity index (χ1n) is 6.13. The monoisotopic (exact) mass is 250 g/mol. The molecule has 0 saturated carbocycles. The molecule has 0 aliphatic rings. The van der Waals surface area contributed by atoms with Crippen LogP contribution in [0.1, 0.15) is 26.3 Å². The Morgan fingerprint density at radius 3 is 2.50 bits per heavy atom. The van der Waals surface area contributed by atoms with Gasteiger partial charge >= 0.3 is 0 Å². The average Bonchev–Trinajstić information content (AvgIpc) is 2.33. The van der Waals surface area contributed by atoms with Crippen molar-refractivity contribution in [3.63, 3.8) is 0 Å². The third kappa shape index (κ3) is 4.84. The zero-order valence-corrected chi connectivity index (χ0v) is 11.6. The van der Waals surface area contributed by atoms with E-state index in [0.717, 1.165) is 5.56 Å². The van der Waals surface area contributed by atoms with Gasteiger partial charge < -0.3 is 9.64 Å². The zero-order chi connectivity index (χ0) is 13.6. The molecule has 0 fully saturated rings. The van der Waals surface area contributed by atoms with Crippen LogP contribution in [0, 0.1) is 5.41 Å². The Morgan fingerprint density at radius 1 is 1.33 bits per heavy atom. The molecule has 1 amide bonds. The van der Waals surface area contributed by atoms with Gasteiger partial charge in [0.05, 0.1) is 13.2 Å². The first kappa shape index (κ1) is 14.6. The summed E-state index contributed by atoms with van der Waals surface area (Å²) in [4.78, 5) is 17.5. The molecule has 18 heavy (non-hydrogen) atoms. The molecule has 0 spiro atoms. The van der Waals surface area contributed by atoms with Gasteiger partial charge in [0.1, 0.15) is 0 Å². The second-order valence-corrected chi connectivity index (χ2v) is 5.38. The van der Waals surface area contributed by atoms with Crippen LogP contribution in [0.15, 0.2) is 24.5 Å². The van der Waals surface area contributed by atoms with E-state index in [-0.39, 0.29) is 11.3 Å². The number of amides is 1. The van der Waals surface area contributed by atoms with Crippen molar-refractivity contribution in [2.24, 2.45) is 5.41 Å². The molecule has 0 aromatic carbocycles. The van der Waals surface area contributed by atoms with Crippen molar-refractivity contribution in [2.75, 3.05) is 20.2 Å². The van der Waals surface area contributed by atoms with Gasteiger partial charge in [0, 0.05) is 31.4 Å². The molecule has 0 aliphatic heterocycles. The number of carbonyl (C=O) groups is 1. The maximum Gasteiger partial charge on any atom is 0.227 e. The van der Waals surface area contributed by atoms with Gasteiger partial charge in [-0.3, -0.25) is 9.78 Å². The number of ether oxygens (including phenoxy) is 1. The number of nitrogens with zero attached hydrogens (tertiary/aromatic N) is 2. The summed E-state index contributed by atoms with van der Waals surface area (Å²) < 4.78 is 5.53. The van der Waals surface area contributed by atoms with Gasteiger partial charge in [0.25, 0.3) is 0 Å². The summed E-state index contributed by atoms with van der Waals surface area (Å²) in [5, 5.41) is 0. The Bertz CT molecular complexity index is 371. The van der Waals surface area contributed by atoms with E-state index in [1.54, 1.807) is 17.3 Å². The van der Waals surface area contributed by atoms with Crippen LogP contribution >= 0.6 is 0 Å². The van der Waals surface area contributed by atoms with Gasteiger partial charge in [-0.15, -0.1) is 0 Å². The summed E-state index contributed by atoms with van der Waals surface area (Å²) >= 11 is 0. The van der Waals surface area contributed by atoms with Gasteiger partial charge in [-0.25, -0.2) is 0 Å². The van der Waals surface area contributed by atoms with E-state index in [4.69, 9.17) is 4.74 Å². The predicted molar refractivity (Wildman–Crippen MR) is 71.0 cm³/mol. The van der Waals surface area contributed by atoms with E-state index in [1.165, 1.54) is 0 Å². The van der Waals surface area contributed by atoms with Crippen molar-refractivity contribution in [1.29, 1.82) is 0 Å². The molecule has 0 unspecified atom stereocenters. The lowest BCUT2D eigenvalue weighted by Gasteiger charge is -2.25. The summed E-state index contributed by atoms with van der Waals surface area (Å²) in [6, 6.07) is 3.84. The number of rotatable bonds is 5. The number of hydrogen-bond donors (Lipinski definition) is 0. The molecule has 0 radical (unpaired) electrons. The van der Waals surface area contributed by atoms with E-state index in [9.17, 15) is 4.79 Å². The second-order valence-electron chi connectivity index (χ2n) is 5.38. The SMILES string of the molecule is CN(CCOCc1ccncc1)C(=O)C(C)(C)C. The summed E-state index contributed by atoms with van der Waals surface area (Å²) in [5.74, 6) is 0.134. The van der Waals surface area contributed by atoms with Crippen molar-refractivity contribution in [3.05, 3.63) is 30.1 Å². The van der Waals surface area contributed by atoms with Gasteiger partial charge in [0.15, 0.2) is 0 Å². The zero-order valence-electron chi connectivity index (χ0n) is 11.6. The Balaban J connectivity index is 2.24. The third-order valence-electron chi connectivity index (χ3n) is 2.58. The molecule has 1 rings (SSSR count). The molecule has 4 heteroatoms. The summed E-state index contributed by atoms with van der Waals surface area (Å²) in [5.41, 5.74) is 0.759. The fourth-order valence-electron chi connectivity index (χ4n) is 1.54. The fraction of sp³-hybridized carbons (Fsp3) is 0.571. The first-order chi connectivity index (χ1) is 8.41. The number of hydrogen-bond acceptors (Lipinski definition) is 3. The van der Waals surface area contributed by atoms with Gasteiger partial charge in [-0.2, -0.15) is 0 Å². The molecule has 0 N–H and O–H groups in total.